The van der Waals surface area contributed by atoms with Crippen molar-refractivity contribution in [1.29, 1.82) is 0 Å². The smallest absolute Gasteiger partial charge is 0.387 e. The van der Waals surface area contributed by atoms with Crippen molar-refractivity contribution in [1.82, 2.24) is 0 Å². The summed E-state index contributed by atoms with van der Waals surface area (Å²) in [4.78, 5) is 15.9. The molecule has 0 aliphatic carbocycles. The summed E-state index contributed by atoms with van der Waals surface area (Å²) in [7, 11) is 0. The number of para-hydroxylation sites is 1. The van der Waals surface area contributed by atoms with Crippen LogP contribution >= 0.6 is 0 Å². The Bertz CT molecular complexity index is 846. The monoisotopic (exact) mass is 333 g/mol. The summed E-state index contributed by atoms with van der Waals surface area (Å²) >= 11 is 0. The van der Waals surface area contributed by atoms with Crippen molar-refractivity contribution < 1.29 is 27.4 Å². The fraction of sp³-hybridized carbons (Fsp3) is 0.0588. The van der Waals surface area contributed by atoms with E-state index in [0.717, 1.165) is 0 Å². The van der Waals surface area contributed by atoms with E-state index in [4.69, 9.17) is 4.74 Å². The lowest BCUT2D eigenvalue weighted by atomic mass is 10.2. The van der Waals surface area contributed by atoms with Gasteiger partial charge in [0.1, 0.15) is 11.6 Å². The summed E-state index contributed by atoms with van der Waals surface area (Å²) in [5.41, 5.74) is 0.473. The maximum atomic E-state index is 13.2. The van der Waals surface area contributed by atoms with Crippen LogP contribution in [0.15, 0.2) is 59.2 Å². The molecule has 122 valence electrons. The predicted molar refractivity (Wildman–Crippen MR) is 80.1 cm³/mol. The standard InChI is InChI=1S/C17H10F3NO3/c18-11-5-3-4-10(8-11)9-13-16(22)24-15(21-13)12-6-1-2-7-14(12)23-17(19)20/h1-9,17H/b13-9+. The molecule has 1 heterocycles. The van der Waals surface area contributed by atoms with Gasteiger partial charge in [-0.15, -0.1) is 0 Å². The number of hydrogen-bond acceptors (Lipinski definition) is 4. The van der Waals surface area contributed by atoms with Crippen molar-refractivity contribution in [2.75, 3.05) is 0 Å². The van der Waals surface area contributed by atoms with Crippen LogP contribution in [0.5, 0.6) is 5.75 Å². The number of halogens is 3. The minimum absolute atomic E-state index is 0.0672. The van der Waals surface area contributed by atoms with E-state index >= 15 is 0 Å². The van der Waals surface area contributed by atoms with E-state index in [0.29, 0.717) is 5.56 Å². The average Bonchev–Trinajstić information content (AvgIpc) is 2.88. The molecule has 1 aliphatic rings. The Morgan fingerprint density at radius 1 is 1.12 bits per heavy atom. The molecule has 0 saturated carbocycles. The number of hydrogen-bond donors (Lipinski definition) is 0. The molecule has 0 atom stereocenters. The molecule has 4 nitrogen and oxygen atoms in total. The van der Waals surface area contributed by atoms with Gasteiger partial charge in [0, 0.05) is 0 Å². The first-order valence-electron chi connectivity index (χ1n) is 6.85. The number of cyclic esters (lactones) is 1. The highest BCUT2D eigenvalue weighted by molar-refractivity contribution is 6.13. The van der Waals surface area contributed by atoms with Crippen LogP contribution in [-0.4, -0.2) is 18.5 Å². The number of nitrogens with zero attached hydrogens (tertiary/aromatic N) is 1. The van der Waals surface area contributed by atoms with Gasteiger partial charge in [-0.3, -0.25) is 0 Å². The Kier molecular flexibility index (Phi) is 4.33. The number of rotatable bonds is 4. The van der Waals surface area contributed by atoms with Crippen molar-refractivity contribution in [3.05, 3.63) is 71.2 Å². The Balaban J connectivity index is 1.95. The molecule has 0 saturated heterocycles. The van der Waals surface area contributed by atoms with E-state index in [-0.39, 0.29) is 22.9 Å². The molecule has 0 bridgehead atoms. The molecule has 0 amide bonds. The zero-order valence-electron chi connectivity index (χ0n) is 12.1. The number of aliphatic imine (C=N–C) groups is 1. The first-order chi connectivity index (χ1) is 11.5. The van der Waals surface area contributed by atoms with Crippen molar-refractivity contribution >= 4 is 17.9 Å². The average molecular weight is 333 g/mol. The Labute approximate surface area is 134 Å². The summed E-state index contributed by atoms with van der Waals surface area (Å²) in [6, 6.07) is 11.4. The number of alkyl halides is 2. The summed E-state index contributed by atoms with van der Waals surface area (Å²) in [5.74, 6) is -1.54. The number of ether oxygens (including phenoxy) is 2. The molecular weight excluding hydrogens is 323 g/mol. The summed E-state index contributed by atoms with van der Waals surface area (Å²) in [6.07, 6.45) is 1.34. The van der Waals surface area contributed by atoms with Crippen LogP contribution in [-0.2, 0) is 9.53 Å². The first kappa shape index (κ1) is 15.8. The van der Waals surface area contributed by atoms with E-state index in [9.17, 15) is 18.0 Å². The molecular formula is C17H10F3NO3. The zero-order valence-corrected chi connectivity index (χ0v) is 12.1. The fourth-order valence-corrected chi connectivity index (χ4v) is 2.12. The second kappa shape index (κ2) is 6.57. The summed E-state index contributed by atoms with van der Waals surface area (Å²) in [6.45, 7) is -3.02. The van der Waals surface area contributed by atoms with Gasteiger partial charge in [-0.05, 0) is 35.9 Å². The van der Waals surface area contributed by atoms with Crippen LogP contribution in [0.25, 0.3) is 6.08 Å². The van der Waals surface area contributed by atoms with Crippen molar-refractivity contribution in [2.45, 2.75) is 6.61 Å². The number of benzene rings is 2. The maximum Gasteiger partial charge on any atom is 0.387 e. The third-order valence-electron chi connectivity index (χ3n) is 3.11. The molecule has 0 unspecified atom stereocenters. The first-order valence-corrected chi connectivity index (χ1v) is 6.85. The summed E-state index contributed by atoms with van der Waals surface area (Å²) in [5, 5.41) is 0. The van der Waals surface area contributed by atoms with Crippen LogP contribution < -0.4 is 4.74 Å². The number of esters is 1. The van der Waals surface area contributed by atoms with Gasteiger partial charge in [0.2, 0.25) is 5.90 Å². The molecule has 0 radical (unpaired) electrons. The lowest BCUT2D eigenvalue weighted by molar-refractivity contribution is -0.129. The molecule has 24 heavy (non-hydrogen) atoms. The Hall–Kier alpha value is -3.09. The molecule has 1 aliphatic heterocycles. The fourth-order valence-electron chi connectivity index (χ4n) is 2.12. The second-order valence-corrected chi connectivity index (χ2v) is 4.77. The Morgan fingerprint density at radius 3 is 2.67 bits per heavy atom. The van der Waals surface area contributed by atoms with Crippen molar-refractivity contribution in [3.8, 4) is 5.75 Å². The number of carbonyl (C=O) groups is 1. The quantitative estimate of drug-likeness (QED) is 0.632. The molecule has 0 fully saturated rings. The van der Waals surface area contributed by atoms with Crippen molar-refractivity contribution in [3.63, 3.8) is 0 Å². The Morgan fingerprint density at radius 2 is 1.92 bits per heavy atom. The highest BCUT2D eigenvalue weighted by Crippen LogP contribution is 2.26. The normalized spacial score (nSPS) is 15.6. The van der Waals surface area contributed by atoms with Gasteiger partial charge in [-0.25, -0.2) is 14.2 Å². The van der Waals surface area contributed by atoms with E-state index in [2.05, 4.69) is 9.73 Å². The van der Waals surface area contributed by atoms with Crippen LogP contribution in [0.3, 0.4) is 0 Å². The van der Waals surface area contributed by atoms with Crippen LogP contribution in [0.2, 0.25) is 0 Å². The van der Waals surface area contributed by atoms with Crippen LogP contribution in [0.4, 0.5) is 13.2 Å². The van der Waals surface area contributed by atoms with Gasteiger partial charge in [0.15, 0.2) is 5.70 Å². The largest absolute Gasteiger partial charge is 0.434 e. The minimum atomic E-state index is -3.02. The third kappa shape index (κ3) is 3.45. The molecule has 0 aromatic heterocycles. The van der Waals surface area contributed by atoms with Gasteiger partial charge in [-0.1, -0.05) is 24.3 Å². The minimum Gasteiger partial charge on any atom is -0.434 e. The van der Waals surface area contributed by atoms with Gasteiger partial charge < -0.3 is 9.47 Å². The molecule has 3 rings (SSSR count). The molecule has 2 aromatic rings. The van der Waals surface area contributed by atoms with E-state index in [1.807, 2.05) is 0 Å². The van der Waals surface area contributed by atoms with Gasteiger partial charge in [0.05, 0.1) is 5.56 Å². The number of carbonyl (C=O) groups excluding carboxylic acids is 1. The topological polar surface area (TPSA) is 47.9 Å². The predicted octanol–water partition coefficient (Wildman–Crippen LogP) is 3.77. The SMILES string of the molecule is O=C1OC(c2ccccc2OC(F)F)=N/C1=C/c1cccc(F)c1. The van der Waals surface area contributed by atoms with Gasteiger partial charge in [-0.2, -0.15) is 8.78 Å². The lowest BCUT2D eigenvalue weighted by Crippen LogP contribution is -2.10. The van der Waals surface area contributed by atoms with Gasteiger partial charge >= 0.3 is 12.6 Å². The summed E-state index contributed by atoms with van der Waals surface area (Å²) < 4.78 is 47.5. The lowest BCUT2D eigenvalue weighted by Gasteiger charge is -2.08. The third-order valence-corrected chi connectivity index (χ3v) is 3.11. The molecule has 7 heteroatoms. The molecule has 2 aromatic carbocycles. The van der Waals surface area contributed by atoms with Gasteiger partial charge in [0.25, 0.3) is 0 Å². The zero-order chi connectivity index (χ0) is 17.1. The van der Waals surface area contributed by atoms with Crippen molar-refractivity contribution in [2.24, 2.45) is 4.99 Å². The van der Waals surface area contributed by atoms with Crippen LogP contribution in [0, 0.1) is 5.82 Å². The van der Waals surface area contributed by atoms with E-state index in [1.165, 1.54) is 42.5 Å². The van der Waals surface area contributed by atoms with Crippen LogP contribution in [0.1, 0.15) is 11.1 Å². The second-order valence-electron chi connectivity index (χ2n) is 4.77. The van der Waals surface area contributed by atoms with E-state index in [1.54, 1.807) is 12.1 Å². The van der Waals surface area contributed by atoms with E-state index < -0.39 is 18.4 Å². The molecule has 0 spiro atoms. The highest BCUT2D eigenvalue weighted by Gasteiger charge is 2.26. The highest BCUT2D eigenvalue weighted by atomic mass is 19.3. The molecule has 0 N–H and O–H groups in total. The maximum absolute atomic E-state index is 13.2.